The van der Waals surface area contributed by atoms with Crippen molar-refractivity contribution in [3.8, 4) is 0 Å². The van der Waals surface area contributed by atoms with Crippen molar-refractivity contribution in [2.45, 2.75) is 18.9 Å². The maximum absolute atomic E-state index is 5.88. The van der Waals surface area contributed by atoms with Gasteiger partial charge in [-0.2, -0.15) is 0 Å². The van der Waals surface area contributed by atoms with Crippen molar-refractivity contribution in [1.82, 2.24) is 0 Å². The van der Waals surface area contributed by atoms with Crippen LogP contribution in [0.25, 0.3) is 0 Å². The average Bonchev–Trinajstić information content (AvgIpc) is 2.07. The molecule has 0 aromatic carbocycles. The standard InChI is InChI=1S/C8H17NO2/c1-10-6-8(9)7-2-4-11-5-3-7/h7-8H,2-6,9H2,1H3. The highest BCUT2D eigenvalue weighted by Gasteiger charge is 2.20. The van der Waals surface area contributed by atoms with Crippen molar-refractivity contribution >= 4 is 0 Å². The van der Waals surface area contributed by atoms with Gasteiger partial charge in [0.05, 0.1) is 6.61 Å². The van der Waals surface area contributed by atoms with Crippen molar-refractivity contribution in [2.75, 3.05) is 26.9 Å². The Balaban J connectivity index is 2.21. The molecule has 1 rings (SSSR count). The van der Waals surface area contributed by atoms with Gasteiger partial charge in [-0.25, -0.2) is 0 Å². The Labute approximate surface area is 67.9 Å². The summed E-state index contributed by atoms with van der Waals surface area (Å²) in [6.45, 7) is 2.40. The van der Waals surface area contributed by atoms with Crippen LogP contribution < -0.4 is 5.73 Å². The molecule has 0 aromatic rings. The molecule has 0 saturated carbocycles. The van der Waals surface area contributed by atoms with Crippen molar-refractivity contribution in [2.24, 2.45) is 11.7 Å². The first kappa shape index (κ1) is 8.97. The fourth-order valence-electron chi connectivity index (χ4n) is 1.47. The van der Waals surface area contributed by atoms with E-state index in [9.17, 15) is 0 Å². The lowest BCUT2D eigenvalue weighted by atomic mass is 9.93. The maximum atomic E-state index is 5.88. The summed E-state index contributed by atoms with van der Waals surface area (Å²) >= 11 is 0. The number of hydrogen-bond donors (Lipinski definition) is 1. The monoisotopic (exact) mass is 159 g/mol. The van der Waals surface area contributed by atoms with Crippen molar-refractivity contribution in [3.63, 3.8) is 0 Å². The van der Waals surface area contributed by atoms with Gasteiger partial charge in [0.2, 0.25) is 0 Å². The number of nitrogens with two attached hydrogens (primary N) is 1. The Morgan fingerprint density at radius 2 is 2.18 bits per heavy atom. The molecule has 66 valence electrons. The van der Waals surface area contributed by atoms with E-state index in [0.717, 1.165) is 26.1 Å². The largest absolute Gasteiger partial charge is 0.383 e. The summed E-state index contributed by atoms with van der Waals surface area (Å²) in [4.78, 5) is 0. The molecule has 0 radical (unpaired) electrons. The minimum Gasteiger partial charge on any atom is -0.383 e. The molecule has 0 amide bonds. The van der Waals surface area contributed by atoms with Gasteiger partial charge >= 0.3 is 0 Å². The van der Waals surface area contributed by atoms with E-state index in [2.05, 4.69) is 0 Å². The molecule has 2 N–H and O–H groups in total. The van der Waals surface area contributed by atoms with Crippen LogP contribution in [0, 0.1) is 5.92 Å². The predicted octanol–water partition coefficient (Wildman–Crippen LogP) is 0.387. The highest BCUT2D eigenvalue weighted by molar-refractivity contribution is 4.74. The highest BCUT2D eigenvalue weighted by Crippen LogP contribution is 2.17. The molecule has 1 aliphatic heterocycles. The van der Waals surface area contributed by atoms with Gasteiger partial charge in [-0.1, -0.05) is 0 Å². The Kier molecular flexibility index (Phi) is 3.83. The SMILES string of the molecule is COCC(N)C1CCOCC1. The fraction of sp³-hybridized carbons (Fsp3) is 1.00. The minimum absolute atomic E-state index is 0.198. The number of rotatable bonds is 3. The van der Waals surface area contributed by atoms with E-state index in [1.54, 1.807) is 7.11 Å². The van der Waals surface area contributed by atoms with Gasteiger partial charge in [0.25, 0.3) is 0 Å². The van der Waals surface area contributed by atoms with Gasteiger partial charge in [-0.3, -0.25) is 0 Å². The lowest BCUT2D eigenvalue weighted by Gasteiger charge is -2.26. The molecule has 0 aromatic heterocycles. The molecular formula is C8H17NO2. The third-order valence-corrected chi connectivity index (χ3v) is 2.23. The molecule has 1 atom stereocenters. The summed E-state index contributed by atoms with van der Waals surface area (Å²) in [7, 11) is 1.69. The Hall–Kier alpha value is -0.120. The summed E-state index contributed by atoms with van der Waals surface area (Å²) in [6, 6.07) is 0.198. The second kappa shape index (κ2) is 4.70. The Morgan fingerprint density at radius 3 is 2.73 bits per heavy atom. The van der Waals surface area contributed by atoms with Gasteiger partial charge < -0.3 is 15.2 Å². The van der Waals surface area contributed by atoms with E-state index >= 15 is 0 Å². The van der Waals surface area contributed by atoms with Crippen LogP contribution in [-0.4, -0.2) is 33.0 Å². The summed E-state index contributed by atoms with van der Waals surface area (Å²) < 4.78 is 10.2. The van der Waals surface area contributed by atoms with E-state index in [1.807, 2.05) is 0 Å². The van der Waals surface area contributed by atoms with Crippen LogP contribution in [0.2, 0.25) is 0 Å². The summed E-state index contributed by atoms with van der Waals surface area (Å²) in [6.07, 6.45) is 2.18. The lowest BCUT2D eigenvalue weighted by Crippen LogP contribution is -2.37. The van der Waals surface area contributed by atoms with E-state index < -0.39 is 0 Å². The van der Waals surface area contributed by atoms with Gasteiger partial charge in [0, 0.05) is 26.4 Å². The van der Waals surface area contributed by atoms with Crippen LogP contribution in [0.1, 0.15) is 12.8 Å². The number of ether oxygens (including phenoxy) is 2. The molecule has 3 heteroatoms. The minimum atomic E-state index is 0.198. The molecule has 0 spiro atoms. The van der Waals surface area contributed by atoms with Crippen molar-refractivity contribution in [3.05, 3.63) is 0 Å². The molecule has 0 bridgehead atoms. The topological polar surface area (TPSA) is 44.5 Å². The van der Waals surface area contributed by atoms with Crippen LogP contribution in [0.5, 0.6) is 0 Å². The van der Waals surface area contributed by atoms with Crippen LogP contribution in [-0.2, 0) is 9.47 Å². The average molecular weight is 159 g/mol. The fourth-order valence-corrected chi connectivity index (χ4v) is 1.47. The van der Waals surface area contributed by atoms with E-state index in [-0.39, 0.29) is 6.04 Å². The van der Waals surface area contributed by atoms with Crippen LogP contribution in [0.3, 0.4) is 0 Å². The highest BCUT2D eigenvalue weighted by atomic mass is 16.5. The molecule has 0 aliphatic carbocycles. The first-order chi connectivity index (χ1) is 5.34. The molecule has 1 saturated heterocycles. The van der Waals surface area contributed by atoms with E-state index in [0.29, 0.717) is 12.5 Å². The van der Waals surface area contributed by atoms with Gasteiger partial charge in [-0.15, -0.1) is 0 Å². The van der Waals surface area contributed by atoms with Crippen molar-refractivity contribution in [1.29, 1.82) is 0 Å². The van der Waals surface area contributed by atoms with Gasteiger partial charge in [0.1, 0.15) is 0 Å². The van der Waals surface area contributed by atoms with Crippen molar-refractivity contribution < 1.29 is 9.47 Å². The summed E-state index contributed by atoms with van der Waals surface area (Å²) in [5, 5.41) is 0. The number of methoxy groups -OCH3 is 1. The Morgan fingerprint density at radius 1 is 1.55 bits per heavy atom. The van der Waals surface area contributed by atoms with Gasteiger partial charge in [0.15, 0.2) is 0 Å². The first-order valence-corrected chi connectivity index (χ1v) is 4.17. The third kappa shape index (κ3) is 2.77. The molecule has 1 aliphatic rings. The zero-order valence-corrected chi connectivity index (χ0v) is 7.08. The van der Waals surface area contributed by atoms with Crippen LogP contribution in [0.15, 0.2) is 0 Å². The normalized spacial score (nSPS) is 23.5. The molecule has 11 heavy (non-hydrogen) atoms. The zero-order valence-electron chi connectivity index (χ0n) is 7.08. The first-order valence-electron chi connectivity index (χ1n) is 4.17. The predicted molar refractivity (Wildman–Crippen MR) is 43.4 cm³/mol. The lowest BCUT2D eigenvalue weighted by molar-refractivity contribution is 0.0451. The zero-order chi connectivity index (χ0) is 8.10. The molecule has 1 fully saturated rings. The van der Waals surface area contributed by atoms with Gasteiger partial charge in [-0.05, 0) is 18.8 Å². The van der Waals surface area contributed by atoms with Crippen LogP contribution >= 0.6 is 0 Å². The van der Waals surface area contributed by atoms with E-state index in [4.69, 9.17) is 15.2 Å². The molecule has 1 heterocycles. The quantitative estimate of drug-likeness (QED) is 0.647. The smallest absolute Gasteiger partial charge is 0.0616 e. The van der Waals surface area contributed by atoms with Crippen LogP contribution in [0.4, 0.5) is 0 Å². The summed E-state index contributed by atoms with van der Waals surface area (Å²) in [5.74, 6) is 0.601. The molecular weight excluding hydrogens is 142 g/mol. The summed E-state index contributed by atoms with van der Waals surface area (Å²) in [5.41, 5.74) is 5.88. The molecule has 3 nitrogen and oxygen atoms in total. The second-order valence-electron chi connectivity index (χ2n) is 3.07. The number of hydrogen-bond acceptors (Lipinski definition) is 3. The Bertz CT molecular complexity index is 102. The molecule has 1 unspecified atom stereocenters. The maximum Gasteiger partial charge on any atom is 0.0616 e. The van der Waals surface area contributed by atoms with E-state index in [1.165, 1.54) is 0 Å². The third-order valence-electron chi connectivity index (χ3n) is 2.23. The second-order valence-corrected chi connectivity index (χ2v) is 3.07.